The zero-order valence-corrected chi connectivity index (χ0v) is 17.5. The van der Waals surface area contributed by atoms with Crippen molar-refractivity contribution >= 4 is 0 Å². The molecule has 0 aromatic rings. The van der Waals surface area contributed by atoms with Crippen LogP contribution in [0.5, 0.6) is 0 Å². The van der Waals surface area contributed by atoms with Crippen LogP contribution in [0.1, 0.15) is 136 Å². The highest BCUT2D eigenvalue weighted by Gasteiger charge is 2.05. The third kappa shape index (κ3) is 18.1. The Morgan fingerprint density at radius 3 is 1.46 bits per heavy atom. The van der Waals surface area contributed by atoms with E-state index in [2.05, 4.69) is 32.9 Å². The fraction of sp³-hybridized carbons (Fsp3) is 0.917. The van der Waals surface area contributed by atoms with Gasteiger partial charge < -0.3 is 0 Å². The fourth-order valence-corrected chi connectivity index (χ4v) is 3.56. The first-order valence-corrected chi connectivity index (χ1v) is 11.5. The van der Waals surface area contributed by atoms with E-state index in [1.165, 1.54) is 116 Å². The predicted molar refractivity (Wildman–Crippen MR) is 113 cm³/mol. The van der Waals surface area contributed by atoms with E-state index in [0.29, 0.717) is 0 Å². The van der Waals surface area contributed by atoms with Crippen LogP contribution in [0.15, 0.2) is 12.2 Å². The second kappa shape index (κ2) is 20.8. The van der Waals surface area contributed by atoms with E-state index >= 15 is 0 Å². The first-order valence-electron chi connectivity index (χ1n) is 11.5. The van der Waals surface area contributed by atoms with Crippen LogP contribution >= 0.6 is 0 Å². The molecule has 24 heavy (non-hydrogen) atoms. The first-order chi connectivity index (χ1) is 11.8. The second-order valence-electron chi connectivity index (χ2n) is 7.79. The van der Waals surface area contributed by atoms with Crippen molar-refractivity contribution in [3.05, 3.63) is 12.2 Å². The molecule has 0 bridgehead atoms. The molecular weight excluding hydrogens is 288 g/mol. The summed E-state index contributed by atoms with van der Waals surface area (Å²) in [5.41, 5.74) is 0. The number of rotatable bonds is 19. The molecule has 0 N–H and O–H groups in total. The van der Waals surface area contributed by atoms with E-state index in [1.54, 1.807) is 0 Å². The largest absolute Gasteiger partial charge is 0.0885 e. The van der Waals surface area contributed by atoms with Gasteiger partial charge in [0, 0.05) is 0 Å². The summed E-state index contributed by atoms with van der Waals surface area (Å²) >= 11 is 0. The maximum absolute atomic E-state index is 2.44. The minimum absolute atomic E-state index is 0.999. The summed E-state index contributed by atoms with van der Waals surface area (Å²) in [6, 6.07) is 0. The SMILES string of the molecule is CCCCCCCCC/C=C/CCCCC(CC)CCCCCC. The average molecular weight is 337 g/mol. The van der Waals surface area contributed by atoms with Crippen molar-refractivity contribution in [2.75, 3.05) is 0 Å². The number of unbranched alkanes of at least 4 members (excludes halogenated alkanes) is 12. The van der Waals surface area contributed by atoms with Crippen LogP contribution in [0.2, 0.25) is 0 Å². The monoisotopic (exact) mass is 336 g/mol. The van der Waals surface area contributed by atoms with Crippen LogP contribution in [0.4, 0.5) is 0 Å². The van der Waals surface area contributed by atoms with Gasteiger partial charge in [0.05, 0.1) is 0 Å². The standard InChI is InChI=1S/C24H48/c1-4-7-9-11-12-13-14-15-16-17-18-19-21-23-24(6-3)22-20-10-8-5-2/h16-17,24H,4-15,18-23H2,1-3H3/b17-16+. The Morgan fingerprint density at radius 1 is 0.500 bits per heavy atom. The van der Waals surface area contributed by atoms with Gasteiger partial charge in [-0.1, -0.05) is 123 Å². The Morgan fingerprint density at radius 2 is 0.917 bits per heavy atom. The summed E-state index contributed by atoms with van der Waals surface area (Å²) in [5, 5.41) is 0. The van der Waals surface area contributed by atoms with Gasteiger partial charge in [-0.3, -0.25) is 0 Å². The smallest absolute Gasteiger partial charge is 0.0351 e. The summed E-state index contributed by atoms with van der Waals surface area (Å²) in [6.45, 7) is 6.98. The van der Waals surface area contributed by atoms with Gasteiger partial charge in [-0.2, -0.15) is 0 Å². The molecule has 0 nitrogen and oxygen atoms in total. The number of hydrogen-bond donors (Lipinski definition) is 0. The molecule has 0 heteroatoms. The maximum atomic E-state index is 2.44. The molecule has 0 rings (SSSR count). The quantitative estimate of drug-likeness (QED) is 0.163. The van der Waals surface area contributed by atoms with Gasteiger partial charge in [0.2, 0.25) is 0 Å². The third-order valence-electron chi connectivity index (χ3n) is 5.42. The van der Waals surface area contributed by atoms with Gasteiger partial charge in [-0.25, -0.2) is 0 Å². The maximum Gasteiger partial charge on any atom is -0.0351 e. The lowest BCUT2D eigenvalue weighted by Crippen LogP contribution is -1.99. The van der Waals surface area contributed by atoms with Crippen LogP contribution < -0.4 is 0 Å². The molecule has 0 aromatic carbocycles. The molecule has 0 aromatic heterocycles. The number of hydrogen-bond acceptors (Lipinski definition) is 0. The molecular formula is C24H48. The van der Waals surface area contributed by atoms with E-state index < -0.39 is 0 Å². The van der Waals surface area contributed by atoms with E-state index in [4.69, 9.17) is 0 Å². The van der Waals surface area contributed by atoms with Gasteiger partial charge in [0.15, 0.2) is 0 Å². The predicted octanol–water partition coefficient (Wildman–Crippen LogP) is 9.24. The minimum atomic E-state index is 0.999. The van der Waals surface area contributed by atoms with Crippen LogP contribution in [-0.2, 0) is 0 Å². The van der Waals surface area contributed by atoms with Crippen LogP contribution in [0.25, 0.3) is 0 Å². The van der Waals surface area contributed by atoms with E-state index in [0.717, 1.165) is 5.92 Å². The lowest BCUT2D eigenvalue weighted by Gasteiger charge is -2.14. The molecule has 0 amide bonds. The molecule has 0 aliphatic rings. The third-order valence-corrected chi connectivity index (χ3v) is 5.42. The number of allylic oxidation sites excluding steroid dienone is 2. The van der Waals surface area contributed by atoms with E-state index in [1.807, 2.05) is 0 Å². The fourth-order valence-electron chi connectivity index (χ4n) is 3.56. The van der Waals surface area contributed by atoms with Crippen molar-refractivity contribution in [3.8, 4) is 0 Å². The lowest BCUT2D eigenvalue weighted by molar-refractivity contribution is 0.399. The van der Waals surface area contributed by atoms with Crippen LogP contribution in [0, 0.1) is 5.92 Å². The summed E-state index contributed by atoms with van der Waals surface area (Å²) in [6.07, 6.45) is 30.4. The van der Waals surface area contributed by atoms with Crippen LogP contribution in [-0.4, -0.2) is 0 Å². The zero-order valence-electron chi connectivity index (χ0n) is 17.5. The summed E-state index contributed by atoms with van der Waals surface area (Å²) < 4.78 is 0. The molecule has 144 valence electrons. The Labute approximate surface area is 154 Å². The van der Waals surface area contributed by atoms with Crippen molar-refractivity contribution in [1.29, 1.82) is 0 Å². The molecule has 0 radical (unpaired) electrons. The van der Waals surface area contributed by atoms with Crippen molar-refractivity contribution in [1.82, 2.24) is 0 Å². The van der Waals surface area contributed by atoms with Crippen molar-refractivity contribution in [2.45, 2.75) is 136 Å². The Bertz CT molecular complexity index is 240. The highest BCUT2D eigenvalue weighted by atomic mass is 14.1. The topological polar surface area (TPSA) is 0 Å². The minimum Gasteiger partial charge on any atom is -0.0885 e. The van der Waals surface area contributed by atoms with Crippen molar-refractivity contribution in [3.63, 3.8) is 0 Å². The van der Waals surface area contributed by atoms with Gasteiger partial charge >= 0.3 is 0 Å². The molecule has 0 spiro atoms. The Kier molecular flexibility index (Phi) is 20.6. The van der Waals surface area contributed by atoms with Crippen molar-refractivity contribution < 1.29 is 0 Å². The molecule has 1 atom stereocenters. The molecule has 0 aliphatic carbocycles. The molecule has 0 saturated heterocycles. The Hall–Kier alpha value is -0.260. The summed E-state index contributed by atoms with van der Waals surface area (Å²) in [4.78, 5) is 0. The normalized spacial score (nSPS) is 13.0. The Balaban J connectivity index is 3.31. The summed E-state index contributed by atoms with van der Waals surface area (Å²) in [5.74, 6) is 0.999. The van der Waals surface area contributed by atoms with Gasteiger partial charge in [-0.05, 0) is 31.6 Å². The summed E-state index contributed by atoms with van der Waals surface area (Å²) in [7, 11) is 0. The molecule has 0 heterocycles. The highest BCUT2D eigenvalue weighted by molar-refractivity contribution is 4.81. The molecule has 0 aliphatic heterocycles. The average Bonchev–Trinajstić information content (AvgIpc) is 2.60. The van der Waals surface area contributed by atoms with Gasteiger partial charge in [0.25, 0.3) is 0 Å². The molecule has 1 unspecified atom stereocenters. The highest BCUT2D eigenvalue weighted by Crippen LogP contribution is 2.20. The van der Waals surface area contributed by atoms with Gasteiger partial charge in [-0.15, -0.1) is 0 Å². The lowest BCUT2D eigenvalue weighted by atomic mass is 9.92. The van der Waals surface area contributed by atoms with Crippen LogP contribution in [0.3, 0.4) is 0 Å². The van der Waals surface area contributed by atoms with E-state index in [9.17, 15) is 0 Å². The molecule has 0 fully saturated rings. The second-order valence-corrected chi connectivity index (χ2v) is 7.79. The first kappa shape index (κ1) is 23.7. The molecule has 0 saturated carbocycles. The van der Waals surface area contributed by atoms with E-state index in [-0.39, 0.29) is 0 Å². The zero-order chi connectivity index (χ0) is 17.7. The van der Waals surface area contributed by atoms with Crippen molar-refractivity contribution in [2.24, 2.45) is 5.92 Å². The van der Waals surface area contributed by atoms with Gasteiger partial charge in [0.1, 0.15) is 0 Å².